The lowest BCUT2D eigenvalue weighted by atomic mass is 9.70. The molecule has 1 saturated carbocycles. The summed E-state index contributed by atoms with van der Waals surface area (Å²) in [5.41, 5.74) is 6.26. The summed E-state index contributed by atoms with van der Waals surface area (Å²) in [6.07, 6.45) is 5.23. The number of nitrogens with two attached hydrogens (primary N) is 1. The molecule has 1 aliphatic carbocycles. The molecule has 2 fully saturated rings. The Balaban J connectivity index is 1.42. The highest BCUT2D eigenvalue weighted by atomic mass is 35.5. The molecule has 0 atom stereocenters. The van der Waals surface area contributed by atoms with Gasteiger partial charge >= 0.3 is 5.97 Å². The van der Waals surface area contributed by atoms with E-state index in [-0.39, 0.29) is 22.6 Å². The minimum absolute atomic E-state index is 0.0845. The second-order valence-electron chi connectivity index (χ2n) is 10.4. The normalized spacial score (nSPS) is 23.9. The van der Waals surface area contributed by atoms with E-state index in [0.29, 0.717) is 41.3 Å². The molecule has 1 aromatic heterocycles. The van der Waals surface area contributed by atoms with Gasteiger partial charge in [0.15, 0.2) is 5.60 Å². The van der Waals surface area contributed by atoms with Crippen molar-refractivity contribution >= 4 is 35.1 Å². The number of rotatable bonds is 7. The maximum Gasteiger partial charge on any atom is 0.345 e. The van der Waals surface area contributed by atoms with Gasteiger partial charge in [-0.15, -0.1) is 0 Å². The molecule has 2 N–H and O–H groups in total. The maximum atomic E-state index is 13.6. The lowest BCUT2D eigenvalue weighted by Crippen LogP contribution is -2.58. The molecule has 5 rings (SSSR count). The van der Waals surface area contributed by atoms with Gasteiger partial charge in [0.25, 0.3) is 5.91 Å². The molecule has 38 heavy (non-hydrogen) atoms. The number of aryl methyl sites for hydroxylation is 1. The molecular formula is C29H31Cl2N3O4. The van der Waals surface area contributed by atoms with Crippen LogP contribution in [0.15, 0.2) is 53.1 Å². The number of aromatic nitrogens is 1. The minimum atomic E-state index is -1.43. The zero-order valence-electron chi connectivity index (χ0n) is 21.3. The van der Waals surface area contributed by atoms with E-state index < -0.39 is 17.5 Å². The summed E-state index contributed by atoms with van der Waals surface area (Å²) in [5.74, 6) is -1.14. The summed E-state index contributed by atoms with van der Waals surface area (Å²) >= 11 is 12.8. The van der Waals surface area contributed by atoms with Crippen molar-refractivity contribution in [1.82, 2.24) is 10.1 Å². The Morgan fingerprint density at radius 1 is 1.00 bits per heavy atom. The van der Waals surface area contributed by atoms with E-state index in [1.807, 2.05) is 6.07 Å². The Morgan fingerprint density at radius 2 is 1.63 bits per heavy atom. The van der Waals surface area contributed by atoms with E-state index in [1.54, 1.807) is 25.1 Å². The van der Waals surface area contributed by atoms with Crippen molar-refractivity contribution in [3.63, 3.8) is 0 Å². The first-order chi connectivity index (χ1) is 18.2. The van der Waals surface area contributed by atoms with Crippen LogP contribution in [-0.4, -0.2) is 46.2 Å². The molecule has 1 saturated heterocycles. The van der Waals surface area contributed by atoms with Crippen LogP contribution in [0.4, 0.5) is 0 Å². The molecule has 0 radical (unpaired) electrons. The fraction of sp³-hybridized carbons (Fsp3) is 0.414. The second kappa shape index (κ2) is 10.7. The highest BCUT2D eigenvalue weighted by Crippen LogP contribution is 2.45. The Bertz CT molecular complexity index is 1310. The largest absolute Gasteiger partial charge is 0.445 e. The number of carbonyl (C=O) groups excluding carboxylic acids is 2. The zero-order chi connectivity index (χ0) is 26.9. The molecule has 3 aromatic rings. The number of benzene rings is 2. The van der Waals surface area contributed by atoms with Crippen LogP contribution in [0.1, 0.15) is 60.2 Å². The Morgan fingerprint density at radius 3 is 2.24 bits per heavy atom. The minimum Gasteiger partial charge on any atom is -0.445 e. The van der Waals surface area contributed by atoms with Crippen LogP contribution >= 0.6 is 23.2 Å². The van der Waals surface area contributed by atoms with Gasteiger partial charge in [-0.1, -0.05) is 64.8 Å². The van der Waals surface area contributed by atoms with Crippen molar-refractivity contribution in [3.8, 4) is 11.3 Å². The summed E-state index contributed by atoms with van der Waals surface area (Å²) in [4.78, 5) is 29.0. The highest BCUT2D eigenvalue weighted by molar-refractivity contribution is 6.39. The van der Waals surface area contributed by atoms with Gasteiger partial charge in [0.05, 0.1) is 10.0 Å². The first-order valence-corrected chi connectivity index (χ1v) is 13.7. The zero-order valence-corrected chi connectivity index (χ0v) is 22.9. The van der Waals surface area contributed by atoms with E-state index >= 15 is 0 Å². The maximum absolute atomic E-state index is 13.6. The van der Waals surface area contributed by atoms with Gasteiger partial charge in [-0.25, -0.2) is 4.79 Å². The number of hydrogen-bond acceptors (Lipinski definition) is 6. The van der Waals surface area contributed by atoms with Gasteiger partial charge < -0.3 is 15.0 Å². The van der Waals surface area contributed by atoms with Gasteiger partial charge in [-0.3, -0.25) is 9.69 Å². The fourth-order valence-electron chi connectivity index (χ4n) is 6.03. The van der Waals surface area contributed by atoms with E-state index in [9.17, 15) is 9.59 Å². The molecule has 9 heteroatoms. The quantitative estimate of drug-likeness (QED) is 0.359. The Kier molecular flexibility index (Phi) is 7.54. The summed E-state index contributed by atoms with van der Waals surface area (Å²) in [6.45, 7) is 3.66. The van der Waals surface area contributed by atoms with Crippen LogP contribution in [0, 0.1) is 6.92 Å². The lowest BCUT2D eigenvalue weighted by Gasteiger charge is -2.49. The highest BCUT2D eigenvalue weighted by Gasteiger charge is 2.51. The molecular weight excluding hydrogens is 525 g/mol. The molecule has 2 aromatic carbocycles. The molecule has 7 nitrogen and oxygen atoms in total. The smallest absolute Gasteiger partial charge is 0.345 e. The molecule has 1 aliphatic heterocycles. The second-order valence-corrected chi connectivity index (χ2v) is 11.2. The van der Waals surface area contributed by atoms with Crippen molar-refractivity contribution in [2.75, 3.05) is 13.1 Å². The van der Waals surface area contributed by atoms with Crippen LogP contribution < -0.4 is 5.73 Å². The number of ether oxygens (including phenoxy) is 1. The van der Waals surface area contributed by atoms with E-state index in [4.69, 9.17) is 38.2 Å². The summed E-state index contributed by atoms with van der Waals surface area (Å²) in [7, 11) is 0. The first-order valence-electron chi connectivity index (χ1n) is 13.0. The summed E-state index contributed by atoms with van der Waals surface area (Å²) in [6, 6.07) is 15.4. The van der Waals surface area contributed by atoms with Gasteiger partial charge in [-0.2, -0.15) is 0 Å². The number of hydrogen-bond donors (Lipinski definition) is 1. The van der Waals surface area contributed by atoms with E-state index in [2.05, 4.69) is 34.3 Å². The summed E-state index contributed by atoms with van der Waals surface area (Å²) in [5, 5.41) is 4.68. The number of amides is 1. The van der Waals surface area contributed by atoms with Gasteiger partial charge in [0.2, 0.25) is 0 Å². The van der Waals surface area contributed by atoms with Crippen LogP contribution in [0.3, 0.4) is 0 Å². The number of halogens is 2. The molecule has 2 aliphatic rings. The Hall–Kier alpha value is -2.87. The fourth-order valence-corrected chi connectivity index (χ4v) is 6.60. The van der Waals surface area contributed by atoms with Crippen molar-refractivity contribution in [1.29, 1.82) is 0 Å². The number of esters is 1. The monoisotopic (exact) mass is 555 g/mol. The van der Waals surface area contributed by atoms with Crippen LogP contribution in [-0.2, 0) is 16.0 Å². The molecule has 0 unspecified atom stereocenters. The van der Waals surface area contributed by atoms with Gasteiger partial charge in [0.1, 0.15) is 17.0 Å². The van der Waals surface area contributed by atoms with E-state index in [1.165, 1.54) is 5.56 Å². The molecule has 0 spiro atoms. The van der Waals surface area contributed by atoms with Crippen LogP contribution in [0.2, 0.25) is 10.0 Å². The third-order valence-electron chi connectivity index (χ3n) is 8.14. The van der Waals surface area contributed by atoms with E-state index in [0.717, 1.165) is 32.4 Å². The molecule has 0 bridgehead atoms. The van der Waals surface area contributed by atoms with Crippen molar-refractivity contribution < 1.29 is 18.8 Å². The van der Waals surface area contributed by atoms with Crippen molar-refractivity contribution in [2.24, 2.45) is 5.73 Å². The summed E-state index contributed by atoms with van der Waals surface area (Å²) < 4.78 is 11.3. The lowest BCUT2D eigenvalue weighted by molar-refractivity contribution is -0.144. The molecule has 200 valence electrons. The standard InChI is InChI=1S/C29H31Cl2N3O4/c1-19-23(25(33-38-19)24-21(30)10-7-11-22(24)31)26(35)37-29(27(32)36)14-12-28(13-15-29,34-16-5-6-17-34)18-20-8-3-2-4-9-20/h2-4,7-11H,5-6,12-18H2,1H3,(H2,32,36). The molecule has 2 heterocycles. The number of primary amides is 1. The van der Waals surface area contributed by atoms with Crippen molar-refractivity contribution in [3.05, 3.63) is 75.5 Å². The topological polar surface area (TPSA) is 98.7 Å². The number of carbonyl (C=O) groups is 2. The predicted octanol–water partition coefficient (Wildman–Crippen LogP) is 5.99. The van der Waals surface area contributed by atoms with Crippen molar-refractivity contribution in [2.45, 2.75) is 63.0 Å². The molecule has 1 amide bonds. The third-order valence-corrected chi connectivity index (χ3v) is 8.77. The Labute approximate surface area is 232 Å². The number of nitrogens with zero attached hydrogens (tertiary/aromatic N) is 2. The average Bonchev–Trinajstić information content (AvgIpc) is 3.57. The van der Waals surface area contributed by atoms with Gasteiger partial charge in [0, 0.05) is 11.1 Å². The third kappa shape index (κ3) is 4.95. The van der Waals surface area contributed by atoms with Crippen LogP contribution in [0.5, 0.6) is 0 Å². The SMILES string of the molecule is Cc1onc(-c2c(Cl)cccc2Cl)c1C(=O)OC1(C(N)=O)CCC(Cc2ccccc2)(N2CCCC2)CC1. The predicted molar refractivity (Wildman–Crippen MR) is 146 cm³/mol. The first kappa shape index (κ1) is 26.7. The number of likely N-dealkylation sites (tertiary alicyclic amines) is 1. The van der Waals surface area contributed by atoms with Crippen LogP contribution in [0.25, 0.3) is 11.3 Å². The van der Waals surface area contributed by atoms with Gasteiger partial charge in [-0.05, 0) is 82.7 Å². The average molecular weight is 556 g/mol.